The molecule has 0 spiro atoms. The van der Waals surface area contributed by atoms with E-state index in [1.807, 2.05) is 55.5 Å². The Bertz CT molecular complexity index is 657. The van der Waals surface area contributed by atoms with Crippen LogP contribution in [-0.4, -0.2) is 25.2 Å². The number of nitrogens with one attached hydrogen (secondary N) is 1. The van der Waals surface area contributed by atoms with E-state index in [-0.39, 0.29) is 5.91 Å². The fourth-order valence-corrected chi connectivity index (χ4v) is 2.65. The van der Waals surface area contributed by atoms with E-state index in [4.69, 9.17) is 9.47 Å². The molecule has 0 aromatic heterocycles. The highest BCUT2D eigenvalue weighted by molar-refractivity contribution is 5.81. The molecular weight excluding hydrogens is 326 g/mol. The fraction of sp³-hybridized carbons (Fsp3) is 0.409. The van der Waals surface area contributed by atoms with Gasteiger partial charge in [-0.2, -0.15) is 0 Å². The highest BCUT2D eigenvalue weighted by Crippen LogP contribution is 2.19. The molecule has 4 heteroatoms. The Morgan fingerprint density at radius 2 is 1.77 bits per heavy atom. The van der Waals surface area contributed by atoms with Crippen LogP contribution in [0.15, 0.2) is 54.6 Å². The number of aryl methyl sites for hydroxylation is 1. The van der Waals surface area contributed by atoms with Crippen molar-refractivity contribution in [1.82, 2.24) is 5.32 Å². The predicted molar refractivity (Wildman–Crippen MR) is 105 cm³/mol. The lowest BCUT2D eigenvalue weighted by atomic mass is 10.1. The van der Waals surface area contributed by atoms with E-state index in [2.05, 4.69) is 18.3 Å². The highest BCUT2D eigenvalue weighted by atomic mass is 16.5. The monoisotopic (exact) mass is 355 g/mol. The summed E-state index contributed by atoms with van der Waals surface area (Å²) in [6, 6.07) is 17.6. The van der Waals surface area contributed by atoms with Crippen LogP contribution in [0.3, 0.4) is 0 Å². The topological polar surface area (TPSA) is 47.6 Å². The third-order valence-corrected chi connectivity index (χ3v) is 4.04. The van der Waals surface area contributed by atoms with Gasteiger partial charge in [-0.25, -0.2) is 0 Å². The first kappa shape index (κ1) is 19.8. The van der Waals surface area contributed by atoms with Crippen LogP contribution in [-0.2, 0) is 11.2 Å². The summed E-state index contributed by atoms with van der Waals surface area (Å²) >= 11 is 0. The SMILES string of the molecule is CCCOc1ccccc1CCCNC(=O)[C@@H](CC)Oc1ccccc1. The first-order valence-electron chi connectivity index (χ1n) is 9.44. The van der Waals surface area contributed by atoms with Crippen molar-refractivity contribution in [2.45, 2.75) is 45.6 Å². The van der Waals surface area contributed by atoms with Crippen molar-refractivity contribution in [3.05, 3.63) is 60.2 Å². The van der Waals surface area contributed by atoms with Gasteiger partial charge in [0, 0.05) is 6.54 Å². The van der Waals surface area contributed by atoms with Crippen LogP contribution >= 0.6 is 0 Å². The number of carbonyl (C=O) groups is 1. The van der Waals surface area contributed by atoms with Gasteiger partial charge in [0.2, 0.25) is 0 Å². The highest BCUT2D eigenvalue weighted by Gasteiger charge is 2.17. The van der Waals surface area contributed by atoms with Gasteiger partial charge in [0.05, 0.1) is 6.61 Å². The summed E-state index contributed by atoms with van der Waals surface area (Å²) in [5.41, 5.74) is 1.18. The molecule has 2 aromatic rings. The van der Waals surface area contributed by atoms with Gasteiger partial charge in [0.1, 0.15) is 11.5 Å². The average Bonchev–Trinajstić information content (AvgIpc) is 2.69. The molecule has 0 fully saturated rings. The third kappa shape index (κ3) is 6.43. The molecule has 0 saturated heterocycles. The van der Waals surface area contributed by atoms with Crippen molar-refractivity contribution in [3.63, 3.8) is 0 Å². The second-order valence-corrected chi connectivity index (χ2v) is 6.18. The maximum atomic E-state index is 12.3. The molecule has 1 atom stereocenters. The molecule has 140 valence electrons. The molecule has 0 aliphatic carbocycles. The summed E-state index contributed by atoms with van der Waals surface area (Å²) in [7, 11) is 0. The first-order chi connectivity index (χ1) is 12.7. The van der Waals surface area contributed by atoms with E-state index >= 15 is 0 Å². The number of hydrogen-bond acceptors (Lipinski definition) is 3. The van der Waals surface area contributed by atoms with Crippen LogP contribution in [0.2, 0.25) is 0 Å². The zero-order chi connectivity index (χ0) is 18.6. The standard InChI is InChI=1S/C22H29NO3/c1-3-17-25-21-15-9-8-11-18(21)12-10-16-23-22(24)20(4-2)26-19-13-6-5-7-14-19/h5-9,11,13-15,20H,3-4,10,12,16-17H2,1-2H3,(H,23,24)/t20-/m1/s1. The smallest absolute Gasteiger partial charge is 0.261 e. The Morgan fingerprint density at radius 1 is 1.04 bits per heavy atom. The van der Waals surface area contributed by atoms with E-state index < -0.39 is 6.10 Å². The molecule has 0 aliphatic rings. The van der Waals surface area contributed by atoms with Crippen molar-refractivity contribution in [2.24, 2.45) is 0 Å². The van der Waals surface area contributed by atoms with Crippen LogP contribution in [0.1, 0.15) is 38.7 Å². The minimum atomic E-state index is -0.461. The summed E-state index contributed by atoms with van der Waals surface area (Å²) in [4.78, 5) is 12.3. The number of amides is 1. The summed E-state index contributed by atoms with van der Waals surface area (Å²) in [5.74, 6) is 1.60. The van der Waals surface area contributed by atoms with Crippen LogP contribution in [0, 0.1) is 0 Å². The summed E-state index contributed by atoms with van der Waals surface area (Å²) in [6.45, 7) is 5.40. The summed E-state index contributed by atoms with van der Waals surface area (Å²) in [6.07, 6.45) is 2.90. The molecular formula is C22H29NO3. The summed E-state index contributed by atoms with van der Waals surface area (Å²) in [5, 5.41) is 2.98. The molecule has 1 N–H and O–H groups in total. The summed E-state index contributed by atoms with van der Waals surface area (Å²) < 4.78 is 11.6. The molecule has 26 heavy (non-hydrogen) atoms. The molecule has 0 saturated carbocycles. The van der Waals surface area contributed by atoms with Crippen molar-refractivity contribution >= 4 is 5.91 Å². The van der Waals surface area contributed by atoms with E-state index in [0.29, 0.717) is 13.0 Å². The Kier molecular flexibility index (Phi) is 8.53. The second-order valence-electron chi connectivity index (χ2n) is 6.18. The molecule has 0 aliphatic heterocycles. The Labute approximate surface area is 156 Å². The van der Waals surface area contributed by atoms with Gasteiger partial charge in [0.25, 0.3) is 5.91 Å². The fourth-order valence-electron chi connectivity index (χ4n) is 2.65. The quantitative estimate of drug-likeness (QED) is 0.609. The largest absolute Gasteiger partial charge is 0.493 e. The lowest BCUT2D eigenvalue weighted by molar-refractivity contribution is -0.128. The van der Waals surface area contributed by atoms with Gasteiger partial charge in [-0.3, -0.25) is 4.79 Å². The number of carbonyl (C=O) groups excluding carboxylic acids is 1. The number of hydrogen-bond donors (Lipinski definition) is 1. The molecule has 2 aromatic carbocycles. The number of rotatable bonds is 11. The Hall–Kier alpha value is -2.49. The van der Waals surface area contributed by atoms with Crippen molar-refractivity contribution < 1.29 is 14.3 Å². The van der Waals surface area contributed by atoms with Crippen LogP contribution < -0.4 is 14.8 Å². The molecule has 0 heterocycles. The second kappa shape index (κ2) is 11.2. The predicted octanol–water partition coefficient (Wildman–Crippen LogP) is 4.38. The lowest BCUT2D eigenvalue weighted by Crippen LogP contribution is -2.38. The van der Waals surface area contributed by atoms with Crippen LogP contribution in [0.4, 0.5) is 0 Å². The number of para-hydroxylation sites is 2. The minimum Gasteiger partial charge on any atom is -0.493 e. The van der Waals surface area contributed by atoms with Gasteiger partial charge in [-0.1, -0.05) is 50.2 Å². The minimum absolute atomic E-state index is 0.0631. The molecule has 1 amide bonds. The van der Waals surface area contributed by atoms with Crippen LogP contribution in [0.25, 0.3) is 0 Å². The average molecular weight is 355 g/mol. The molecule has 0 unspecified atom stereocenters. The zero-order valence-corrected chi connectivity index (χ0v) is 15.7. The van der Waals surface area contributed by atoms with Crippen LogP contribution in [0.5, 0.6) is 11.5 Å². The van der Waals surface area contributed by atoms with E-state index in [1.165, 1.54) is 5.56 Å². The molecule has 4 nitrogen and oxygen atoms in total. The number of ether oxygens (including phenoxy) is 2. The van der Waals surface area contributed by atoms with Crippen molar-refractivity contribution in [2.75, 3.05) is 13.2 Å². The van der Waals surface area contributed by atoms with Gasteiger partial charge < -0.3 is 14.8 Å². The Morgan fingerprint density at radius 3 is 2.50 bits per heavy atom. The number of benzene rings is 2. The molecule has 0 radical (unpaired) electrons. The van der Waals surface area contributed by atoms with Crippen molar-refractivity contribution in [1.29, 1.82) is 0 Å². The first-order valence-corrected chi connectivity index (χ1v) is 9.44. The lowest BCUT2D eigenvalue weighted by Gasteiger charge is -2.17. The maximum absolute atomic E-state index is 12.3. The van der Waals surface area contributed by atoms with Gasteiger partial charge >= 0.3 is 0 Å². The van der Waals surface area contributed by atoms with Gasteiger partial charge in [-0.15, -0.1) is 0 Å². The maximum Gasteiger partial charge on any atom is 0.261 e. The third-order valence-electron chi connectivity index (χ3n) is 4.04. The van der Waals surface area contributed by atoms with Gasteiger partial charge in [-0.05, 0) is 49.4 Å². The molecule has 0 bridgehead atoms. The zero-order valence-electron chi connectivity index (χ0n) is 15.7. The van der Waals surface area contributed by atoms with Gasteiger partial charge in [0.15, 0.2) is 6.10 Å². The van der Waals surface area contributed by atoms with Crippen molar-refractivity contribution in [3.8, 4) is 11.5 Å². The Balaban J connectivity index is 1.77. The van der Waals surface area contributed by atoms with E-state index in [9.17, 15) is 4.79 Å². The normalized spacial score (nSPS) is 11.6. The van der Waals surface area contributed by atoms with E-state index in [1.54, 1.807) is 0 Å². The van der Waals surface area contributed by atoms with E-state index in [0.717, 1.165) is 37.4 Å². The molecule has 2 rings (SSSR count).